The van der Waals surface area contributed by atoms with Gasteiger partial charge in [0.1, 0.15) is 5.75 Å². The molecule has 2 N–H and O–H groups in total. The van der Waals surface area contributed by atoms with Gasteiger partial charge in [-0.2, -0.15) is 0 Å². The fourth-order valence-electron chi connectivity index (χ4n) is 2.14. The normalized spacial score (nSPS) is 13.7. The molecule has 2 nitrogen and oxygen atoms in total. The van der Waals surface area contributed by atoms with E-state index in [4.69, 9.17) is 10.5 Å². The summed E-state index contributed by atoms with van der Waals surface area (Å²) in [6, 6.07) is 4.50. The van der Waals surface area contributed by atoms with Crippen LogP contribution in [-0.4, -0.2) is 6.61 Å². The number of benzene rings is 1. The molecular weight excluding hydrogens is 186 g/mol. The zero-order valence-electron chi connectivity index (χ0n) is 9.38. The maximum absolute atomic E-state index is 5.74. The number of rotatable bonds is 4. The quantitative estimate of drug-likeness (QED) is 0.819. The summed E-state index contributed by atoms with van der Waals surface area (Å²) >= 11 is 0. The van der Waals surface area contributed by atoms with E-state index in [1.807, 2.05) is 0 Å². The van der Waals surface area contributed by atoms with Crippen LogP contribution in [0, 0.1) is 0 Å². The van der Waals surface area contributed by atoms with E-state index in [1.54, 1.807) is 0 Å². The standard InChI is InChI=1S/C13H19NO/c1-2-3-4-10-7-11-5-6-15-13(11)12(8-10)9-14/h7-8H,2-6,9,14H2,1H3. The van der Waals surface area contributed by atoms with E-state index in [-0.39, 0.29) is 0 Å². The maximum Gasteiger partial charge on any atom is 0.127 e. The minimum atomic E-state index is 0.586. The lowest BCUT2D eigenvalue weighted by atomic mass is 10.00. The Hall–Kier alpha value is -1.02. The molecule has 15 heavy (non-hydrogen) atoms. The van der Waals surface area contributed by atoms with Gasteiger partial charge in [0.05, 0.1) is 6.61 Å². The Balaban J connectivity index is 2.26. The Morgan fingerprint density at radius 1 is 1.40 bits per heavy atom. The van der Waals surface area contributed by atoms with E-state index < -0.39 is 0 Å². The number of fused-ring (bicyclic) bond motifs is 1. The van der Waals surface area contributed by atoms with Crippen molar-refractivity contribution in [2.45, 2.75) is 39.2 Å². The molecule has 0 saturated heterocycles. The second kappa shape index (κ2) is 4.67. The Labute approximate surface area is 91.4 Å². The van der Waals surface area contributed by atoms with E-state index >= 15 is 0 Å². The third kappa shape index (κ3) is 2.15. The van der Waals surface area contributed by atoms with Gasteiger partial charge >= 0.3 is 0 Å². The van der Waals surface area contributed by atoms with E-state index in [2.05, 4.69) is 19.1 Å². The summed E-state index contributed by atoms with van der Waals surface area (Å²) in [7, 11) is 0. The molecule has 82 valence electrons. The molecule has 2 heteroatoms. The molecule has 0 atom stereocenters. The molecule has 0 fully saturated rings. The Morgan fingerprint density at radius 3 is 3.00 bits per heavy atom. The van der Waals surface area contributed by atoms with Crippen LogP contribution in [0.25, 0.3) is 0 Å². The molecular formula is C13H19NO. The average Bonchev–Trinajstić information content (AvgIpc) is 2.73. The minimum absolute atomic E-state index is 0.586. The first-order valence-electron chi connectivity index (χ1n) is 5.82. The van der Waals surface area contributed by atoms with Gasteiger partial charge in [0.2, 0.25) is 0 Å². The molecule has 0 spiro atoms. The Kier molecular flexibility index (Phi) is 3.27. The highest BCUT2D eigenvalue weighted by molar-refractivity contribution is 5.47. The SMILES string of the molecule is CCCCc1cc(CN)c2c(c1)CCO2. The van der Waals surface area contributed by atoms with Crippen molar-refractivity contribution in [2.24, 2.45) is 5.73 Å². The molecule has 1 aliphatic heterocycles. The van der Waals surface area contributed by atoms with Gasteiger partial charge < -0.3 is 10.5 Å². The molecule has 0 radical (unpaired) electrons. The van der Waals surface area contributed by atoms with Crippen molar-refractivity contribution in [1.82, 2.24) is 0 Å². The zero-order valence-corrected chi connectivity index (χ0v) is 9.38. The van der Waals surface area contributed by atoms with Crippen molar-refractivity contribution in [3.63, 3.8) is 0 Å². The maximum atomic E-state index is 5.74. The molecule has 0 saturated carbocycles. The summed E-state index contributed by atoms with van der Waals surface area (Å²) in [4.78, 5) is 0. The van der Waals surface area contributed by atoms with Crippen LogP contribution in [0.2, 0.25) is 0 Å². The van der Waals surface area contributed by atoms with Crippen LogP contribution in [0.15, 0.2) is 12.1 Å². The average molecular weight is 205 g/mol. The van der Waals surface area contributed by atoms with Gasteiger partial charge in [-0.25, -0.2) is 0 Å². The molecule has 0 bridgehead atoms. The van der Waals surface area contributed by atoms with Gasteiger partial charge in [0, 0.05) is 18.5 Å². The third-order valence-corrected chi connectivity index (χ3v) is 2.96. The number of hydrogen-bond donors (Lipinski definition) is 1. The molecule has 0 aromatic heterocycles. The summed E-state index contributed by atoms with van der Waals surface area (Å²) in [5.74, 6) is 1.05. The number of hydrogen-bond acceptors (Lipinski definition) is 2. The second-order valence-electron chi connectivity index (χ2n) is 4.15. The first-order valence-corrected chi connectivity index (χ1v) is 5.82. The summed E-state index contributed by atoms with van der Waals surface area (Å²) in [5.41, 5.74) is 9.69. The van der Waals surface area contributed by atoms with Crippen molar-refractivity contribution in [2.75, 3.05) is 6.61 Å². The number of unbranched alkanes of at least 4 members (excludes halogenated alkanes) is 1. The van der Waals surface area contributed by atoms with Crippen molar-refractivity contribution in [1.29, 1.82) is 0 Å². The zero-order chi connectivity index (χ0) is 10.7. The number of nitrogens with two attached hydrogens (primary N) is 1. The molecule has 1 aromatic carbocycles. The van der Waals surface area contributed by atoms with Crippen LogP contribution < -0.4 is 10.5 Å². The van der Waals surface area contributed by atoms with Crippen molar-refractivity contribution >= 4 is 0 Å². The van der Waals surface area contributed by atoms with Crippen LogP contribution in [0.5, 0.6) is 5.75 Å². The fraction of sp³-hybridized carbons (Fsp3) is 0.538. The molecule has 1 heterocycles. The van der Waals surface area contributed by atoms with Crippen LogP contribution in [0.1, 0.15) is 36.5 Å². The predicted octanol–water partition coefficient (Wildman–Crippen LogP) is 2.42. The van der Waals surface area contributed by atoms with Crippen molar-refractivity contribution < 1.29 is 4.74 Å². The first kappa shape index (κ1) is 10.5. The van der Waals surface area contributed by atoms with E-state index in [0.717, 1.165) is 25.2 Å². The van der Waals surface area contributed by atoms with Gasteiger partial charge in [-0.15, -0.1) is 0 Å². The van der Waals surface area contributed by atoms with Gasteiger partial charge in [-0.05, 0) is 24.0 Å². The van der Waals surface area contributed by atoms with Crippen LogP contribution in [0.3, 0.4) is 0 Å². The van der Waals surface area contributed by atoms with E-state index in [9.17, 15) is 0 Å². The first-order chi connectivity index (χ1) is 7.35. The Bertz CT molecular complexity index is 347. The molecule has 0 unspecified atom stereocenters. The second-order valence-corrected chi connectivity index (χ2v) is 4.15. The van der Waals surface area contributed by atoms with Gasteiger partial charge in [-0.1, -0.05) is 25.5 Å². The summed E-state index contributed by atoms with van der Waals surface area (Å²) in [5, 5.41) is 0. The third-order valence-electron chi connectivity index (χ3n) is 2.96. The lowest BCUT2D eigenvalue weighted by molar-refractivity contribution is 0.353. The lowest BCUT2D eigenvalue weighted by Crippen LogP contribution is -2.01. The van der Waals surface area contributed by atoms with Crippen molar-refractivity contribution in [3.8, 4) is 5.75 Å². The summed E-state index contributed by atoms with van der Waals surface area (Å²) in [6.45, 7) is 3.63. The predicted molar refractivity (Wildman–Crippen MR) is 62.1 cm³/mol. The van der Waals surface area contributed by atoms with Crippen LogP contribution >= 0.6 is 0 Å². The minimum Gasteiger partial charge on any atom is -0.493 e. The Morgan fingerprint density at radius 2 is 2.27 bits per heavy atom. The van der Waals surface area contributed by atoms with Gasteiger partial charge in [0.25, 0.3) is 0 Å². The highest BCUT2D eigenvalue weighted by Crippen LogP contribution is 2.31. The smallest absolute Gasteiger partial charge is 0.127 e. The molecule has 1 aromatic rings. The van der Waals surface area contributed by atoms with Gasteiger partial charge in [-0.3, -0.25) is 0 Å². The summed E-state index contributed by atoms with van der Waals surface area (Å²) in [6.07, 6.45) is 4.70. The molecule has 0 amide bonds. The van der Waals surface area contributed by atoms with Crippen molar-refractivity contribution in [3.05, 3.63) is 28.8 Å². The highest BCUT2D eigenvalue weighted by Gasteiger charge is 2.16. The lowest BCUT2D eigenvalue weighted by Gasteiger charge is -2.09. The van der Waals surface area contributed by atoms with E-state index in [1.165, 1.54) is 29.5 Å². The fourth-order valence-corrected chi connectivity index (χ4v) is 2.14. The molecule has 2 rings (SSSR count). The number of ether oxygens (including phenoxy) is 1. The van der Waals surface area contributed by atoms with E-state index in [0.29, 0.717) is 6.54 Å². The highest BCUT2D eigenvalue weighted by atomic mass is 16.5. The molecule has 1 aliphatic rings. The topological polar surface area (TPSA) is 35.2 Å². The summed E-state index contributed by atoms with van der Waals surface area (Å²) < 4.78 is 5.60. The van der Waals surface area contributed by atoms with Crippen LogP contribution in [-0.2, 0) is 19.4 Å². The van der Waals surface area contributed by atoms with Crippen LogP contribution in [0.4, 0.5) is 0 Å². The largest absolute Gasteiger partial charge is 0.493 e. The van der Waals surface area contributed by atoms with Gasteiger partial charge in [0.15, 0.2) is 0 Å². The molecule has 0 aliphatic carbocycles. The monoisotopic (exact) mass is 205 g/mol. The number of aryl methyl sites for hydroxylation is 1.